The highest BCUT2D eigenvalue weighted by atomic mass is 32.1. The summed E-state index contributed by atoms with van der Waals surface area (Å²) in [7, 11) is 0. The van der Waals surface area contributed by atoms with Gasteiger partial charge in [0, 0.05) is 36.9 Å². The highest BCUT2D eigenvalue weighted by Crippen LogP contribution is 2.43. The van der Waals surface area contributed by atoms with Crippen LogP contribution in [-0.4, -0.2) is 15.0 Å². The molecule has 0 saturated heterocycles. The minimum atomic E-state index is 0.617. The molecule has 0 aliphatic rings. The van der Waals surface area contributed by atoms with E-state index in [1.807, 2.05) is 23.5 Å². The molecule has 69 heavy (non-hydrogen) atoms. The van der Waals surface area contributed by atoms with Gasteiger partial charge in [0.25, 0.3) is 0 Å². The smallest absolute Gasteiger partial charge is 0.164 e. The lowest BCUT2D eigenvalue weighted by molar-refractivity contribution is 1.07. The Labute approximate surface area is 404 Å². The molecule has 0 aliphatic carbocycles. The molecule has 4 heteroatoms. The molecule has 0 radical (unpaired) electrons. The summed E-state index contributed by atoms with van der Waals surface area (Å²) in [6.07, 6.45) is 0. The van der Waals surface area contributed by atoms with Crippen LogP contribution in [0.25, 0.3) is 132 Å². The van der Waals surface area contributed by atoms with Crippen molar-refractivity contribution in [2.24, 2.45) is 0 Å². The fraction of sp³-hybridized carbons (Fsp3) is 0. The van der Waals surface area contributed by atoms with Crippen LogP contribution < -0.4 is 0 Å². The van der Waals surface area contributed by atoms with Crippen LogP contribution in [0.3, 0.4) is 0 Å². The third-order valence-corrected chi connectivity index (χ3v) is 14.6. The average molecular weight is 896 g/mol. The average Bonchev–Trinajstić information content (AvgIpc) is 3.81. The van der Waals surface area contributed by atoms with E-state index >= 15 is 0 Å². The predicted molar refractivity (Wildman–Crippen MR) is 291 cm³/mol. The van der Waals surface area contributed by atoms with Crippen LogP contribution >= 0.6 is 11.3 Å². The van der Waals surface area contributed by atoms with Crippen LogP contribution in [0.2, 0.25) is 0 Å². The second kappa shape index (κ2) is 17.1. The van der Waals surface area contributed by atoms with Gasteiger partial charge in [0.1, 0.15) is 0 Å². The Morgan fingerprint density at radius 3 is 1.12 bits per heavy atom. The van der Waals surface area contributed by atoms with Crippen molar-refractivity contribution >= 4 is 53.1 Å². The molecule has 2 aromatic heterocycles. The van der Waals surface area contributed by atoms with E-state index in [-0.39, 0.29) is 0 Å². The zero-order valence-corrected chi connectivity index (χ0v) is 38.2. The minimum Gasteiger partial charge on any atom is -0.208 e. The molecule has 0 bridgehead atoms. The second-order valence-electron chi connectivity index (χ2n) is 17.4. The van der Waals surface area contributed by atoms with E-state index in [9.17, 15) is 0 Å². The Kier molecular flexibility index (Phi) is 10.0. The molecule has 13 aromatic rings. The molecule has 0 saturated carbocycles. The van der Waals surface area contributed by atoms with Crippen LogP contribution in [0.15, 0.2) is 249 Å². The van der Waals surface area contributed by atoms with Crippen molar-refractivity contribution < 1.29 is 0 Å². The molecule has 0 atom stereocenters. The van der Waals surface area contributed by atoms with Gasteiger partial charge in [0.15, 0.2) is 17.5 Å². The maximum Gasteiger partial charge on any atom is 0.164 e. The molecule has 0 unspecified atom stereocenters. The van der Waals surface area contributed by atoms with Crippen LogP contribution in [0.5, 0.6) is 0 Å². The van der Waals surface area contributed by atoms with Gasteiger partial charge in [-0.3, -0.25) is 0 Å². The lowest BCUT2D eigenvalue weighted by Gasteiger charge is -2.16. The maximum atomic E-state index is 5.24. The van der Waals surface area contributed by atoms with Crippen molar-refractivity contribution in [2.45, 2.75) is 0 Å². The number of hydrogen-bond donors (Lipinski definition) is 0. The quantitative estimate of drug-likeness (QED) is 0.153. The molecule has 322 valence electrons. The lowest BCUT2D eigenvalue weighted by Crippen LogP contribution is -2.02. The summed E-state index contributed by atoms with van der Waals surface area (Å²) < 4.78 is 2.64. The van der Waals surface area contributed by atoms with Gasteiger partial charge in [-0.2, -0.15) is 0 Å². The first kappa shape index (κ1) is 40.4. The molecule has 0 aliphatic heterocycles. The standard InChI is InChI=1S/C65H41N3S/c1-3-17-42(18-4-1)47-21-7-13-28-58(47)64-66-63(67-65(68-64)59-29-14-8-22-48(59)43-19-5-2-6-20-43)45-33-31-44(32-34-45)49-36-38-55(53-25-11-9-23-51(49)53)56-39-37-50(52-24-10-12-26-54(52)56)46-35-40-62-60(41-46)57-27-15-16-30-61(57)69-62/h1-41H. The number of hydrogen-bond acceptors (Lipinski definition) is 4. The molecular weight excluding hydrogens is 855 g/mol. The highest BCUT2D eigenvalue weighted by molar-refractivity contribution is 7.25. The summed E-state index contributed by atoms with van der Waals surface area (Å²) in [4.78, 5) is 15.7. The Morgan fingerprint density at radius 1 is 0.203 bits per heavy atom. The van der Waals surface area contributed by atoms with Gasteiger partial charge in [0.05, 0.1) is 0 Å². The topological polar surface area (TPSA) is 38.7 Å². The van der Waals surface area contributed by atoms with Gasteiger partial charge >= 0.3 is 0 Å². The van der Waals surface area contributed by atoms with Crippen molar-refractivity contribution in [2.75, 3.05) is 0 Å². The van der Waals surface area contributed by atoms with Crippen molar-refractivity contribution in [3.8, 4) is 89.8 Å². The SMILES string of the molecule is c1ccc(-c2ccccc2-c2nc(-c3ccc(-c4ccc(-c5ccc(-c6ccc7sc8ccccc8c7c6)c6ccccc56)c5ccccc45)cc3)nc(-c3ccccc3-c3ccccc3)n2)cc1. The van der Waals surface area contributed by atoms with Gasteiger partial charge in [-0.1, -0.05) is 231 Å². The van der Waals surface area contributed by atoms with E-state index in [0.717, 1.165) is 44.5 Å². The van der Waals surface area contributed by atoms with E-state index in [2.05, 4.69) is 237 Å². The normalized spacial score (nSPS) is 11.5. The van der Waals surface area contributed by atoms with E-state index in [0.29, 0.717) is 17.5 Å². The number of aromatic nitrogens is 3. The zero-order valence-electron chi connectivity index (χ0n) is 37.4. The predicted octanol–water partition coefficient (Wildman–Crippen LogP) is 17.9. The number of benzene rings is 11. The largest absolute Gasteiger partial charge is 0.208 e. The fourth-order valence-corrected chi connectivity index (χ4v) is 11.2. The van der Waals surface area contributed by atoms with Crippen LogP contribution in [0, 0.1) is 0 Å². The second-order valence-corrected chi connectivity index (χ2v) is 18.5. The zero-order chi connectivity index (χ0) is 45.7. The third kappa shape index (κ3) is 7.26. The molecule has 0 N–H and O–H groups in total. The highest BCUT2D eigenvalue weighted by Gasteiger charge is 2.19. The minimum absolute atomic E-state index is 0.617. The molecule has 0 spiro atoms. The van der Waals surface area contributed by atoms with Gasteiger partial charge in [-0.15, -0.1) is 11.3 Å². The molecule has 2 heterocycles. The number of nitrogens with zero attached hydrogens (tertiary/aromatic N) is 3. The Bertz CT molecular complexity index is 3960. The Balaban J connectivity index is 0.901. The first-order valence-electron chi connectivity index (χ1n) is 23.3. The van der Waals surface area contributed by atoms with Crippen molar-refractivity contribution in [3.05, 3.63) is 249 Å². The molecular formula is C65H41N3S. The van der Waals surface area contributed by atoms with E-state index in [4.69, 9.17) is 15.0 Å². The van der Waals surface area contributed by atoms with Gasteiger partial charge in [-0.05, 0) is 95.4 Å². The van der Waals surface area contributed by atoms with Gasteiger partial charge < -0.3 is 0 Å². The maximum absolute atomic E-state index is 5.24. The monoisotopic (exact) mass is 895 g/mol. The first-order chi connectivity index (χ1) is 34.2. The number of thiophene rings is 1. The summed E-state index contributed by atoms with van der Waals surface area (Å²) >= 11 is 1.86. The Hall–Kier alpha value is -8.83. The van der Waals surface area contributed by atoms with Crippen LogP contribution in [0.1, 0.15) is 0 Å². The summed E-state index contributed by atoms with van der Waals surface area (Å²) in [5.74, 6) is 1.87. The first-order valence-corrected chi connectivity index (χ1v) is 24.2. The van der Waals surface area contributed by atoms with Gasteiger partial charge in [0.2, 0.25) is 0 Å². The fourth-order valence-electron chi connectivity index (χ4n) is 10.1. The van der Waals surface area contributed by atoms with E-state index in [1.54, 1.807) is 0 Å². The van der Waals surface area contributed by atoms with E-state index in [1.165, 1.54) is 69.5 Å². The number of fused-ring (bicyclic) bond motifs is 5. The van der Waals surface area contributed by atoms with E-state index < -0.39 is 0 Å². The van der Waals surface area contributed by atoms with Gasteiger partial charge in [-0.25, -0.2) is 15.0 Å². The third-order valence-electron chi connectivity index (χ3n) is 13.4. The molecule has 11 aromatic carbocycles. The summed E-state index contributed by atoms with van der Waals surface area (Å²) in [5, 5.41) is 7.52. The van der Waals surface area contributed by atoms with Crippen molar-refractivity contribution in [3.63, 3.8) is 0 Å². The Morgan fingerprint density at radius 2 is 0.565 bits per heavy atom. The van der Waals surface area contributed by atoms with Crippen molar-refractivity contribution in [1.82, 2.24) is 15.0 Å². The molecule has 0 fully saturated rings. The molecule has 3 nitrogen and oxygen atoms in total. The molecule has 0 amide bonds. The summed E-state index contributed by atoms with van der Waals surface area (Å²) in [6, 6.07) is 88.9. The molecule has 13 rings (SSSR count). The summed E-state index contributed by atoms with van der Waals surface area (Å²) in [5.41, 5.74) is 14.4. The summed E-state index contributed by atoms with van der Waals surface area (Å²) in [6.45, 7) is 0. The van der Waals surface area contributed by atoms with Crippen LogP contribution in [-0.2, 0) is 0 Å². The number of rotatable bonds is 8. The van der Waals surface area contributed by atoms with Crippen molar-refractivity contribution in [1.29, 1.82) is 0 Å². The van der Waals surface area contributed by atoms with Crippen LogP contribution in [0.4, 0.5) is 0 Å². The lowest BCUT2D eigenvalue weighted by atomic mass is 9.88.